The van der Waals surface area contributed by atoms with E-state index in [4.69, 9.17) is 10.2 Å². The van der Waals surface area contributed by atoms with Crippen molar-refractivity contribution in [2.24, 2.45) is 0 Å². The van der Waals surface area contributed by atoms with Crippen LogP contribution in [0.15, 0.2) is 24.3 Å². The van der Waals surface area contributed by atoms with E-state index in [1.807, 2.05) is 0 Å². The van der Waals surface area contributed by atoms with Gasteiger partial charge in [-0.15, -0.1) is 0 Å². The van der Waals surface area contributed by atoms with Gasteiger partial charge in [-0.25, -0.2) is 19.2 Å². The fourth-order valence-electron chi connectivity index (χ4n) is 6.22. The van der Waals surface area contributed by atoms with Gasteiger partial charge in [-0.1, -0.05) is 89.5 Å². The SMILES string of the molecule is CCCCCNC(=O)NCCCC/C=C\CCCCCCC(=O)NC(CC(=O)O)C(=O)O.CCCCCNC(=O)NCCCC/C=C\CCCCCCC(=O)NC(CC(=O)OC)C(=O)OC. The first kappa shape index (κ1) is 62.9. The molecule has 380 valence electrons. The third kappa shape index (κ3) is 44.1. The molecule has 0 aliphatic carbocycles. The summed E-state index contributed by atoms with van der Waals surface area (Å²) >= 11 is 0. The molecule has 0 spiro atoms. The molecule has 2 unspecified atom stereocenters. The van der Waals surface area contributed by atoms with Crippen molar-refractivity contribution in [3.63, 3.8) is 0 Å². The maximum absolute atomic E-state index is 12.0. The first-order valence-corrected chi connectivity index (χ1v) is 24.3. The van der Waals surface area contributed by atoms with Crippen molar-refractivity contribution >= 4 is 47.8 Å². The van der Waals surface area contributed by atoms with Crippen molar-refractivity contribution in [1.29, 1.82) is 0 Å². The van der Waals surface area contributed by atoms with Crippen LogP contribution in [0.3, 0.4) is 0 Å². The fourth-order valence-corrected chi connectivity index (χ4v) is 6.22. The Balaban J connectivity index is 0. The maximum atomic E-state index is 12.0. The number of urea groups is 2. The molecule has 18 nitrogen and oxygen atoms in total. The quantitative estimate of drug-likeness (QED) is 0.0170. The average molecular weight is 939 g/mol. The van der Waals surface area contributed by atoms with Crippen LogP contribution in [0.2, 0.25) is 0 Å². The number of carboxylic acid groups (broad SMARTS) is 2. The number of rotatable bonds is 40. The highest BCUT2D eigenvalue weighted by molar-refractivity contribution is 5.88. The Morgan fingerprint density at radius 1 is 0.455 bits per heavy atom. The topological polar surface area (TPSA) is 268 Å². The van der Waals surface area contributed by atoms with Gasteiger partial charge >= 0.3 is 35.9 Å². The first-order valence-electron chi connectivity index (χ1n) is 24.3. The molecule has 0 saturated carbocycles. The summed E-state index contributed by atoms with van der Waals surface area (Å²) in [5.74, 6) is -4.55. The zero-order chi connectivity index (χ0) is 49.5. The first-order chi connectivity index (χ1) is 31.8. The highest BCUT2D eigenvalue weighted by Crippen LogP contribution is 2.09. The highest BCUT2D eigenvalue weighted by atomic mass is 16.5. The van der Waals surface area contributed by atoms with E-state index in [-0.39, 0.29) is 30.8 Å². The standard InChI is InChI=1S/C25H45N3O6.C23H41N3O6/c1-4-5-15-18-26-25(32)27-19-16-13-11-9-7-6-8-10-12-14-17-22(29)28-21(24(31)34-3)20-23(30)33-2;1-2-3-13-16-24-23(32)25-17-14-11-9-7-5-4-6-8-10-12-15-20(27)26-19(22(30)31)18-21(28)29/h7,9,21H,4-6,8,10-20H2,1-3H3,(H,28,29)(H2,26,27,32);5,7,19H,2-4,6,8-18H2,1H3,(H,26,27)(H,28,29)(H,30,31)(H2,24,25,32)/b9-7-;7-5-. The van der Waals surface area contributed by atoms with E-state index in [0.29, 0.717) is 25.9 Å². The normalized spacial score (nSPS) is 11.7. The number of hydrogen-bond acceptors (Lipinski definition) is 10. The van der Waals surface area contributed by atoms with Crippen LogP contribution < -0.4 is 31.9 Å². The number of carbonyl (C=O) groups excluding carboxylic acids is 6. The molecule has 8 N–H and O–H groups in total. The van der Waals surface area contributed by atoms with Gasteiger partial charge in [-0.3, -0.25) is 19.2 Å². The second kappa shape index (κ2) is 46.4. The Bertz CT molecular complexity index is 1390. The minimum atomic E-state index is -1.38. The van der Waals surface area contributed by atoms with Crippen LogP contribution >= 0.6 is 0 Å². The van der Waals surface area contributed by atoms with Crippen molar-refractivity contribution in [2.75, 3.05) is 40.4 Å². The van der Waals surface area contributed by atoms with Crippen LogP contribution in [-0.4, -0.2) is 110 Å². The van der Waals surface area contributed by atoms with E-state index < -0.39 is 48.3 Å². The van der Waals surface area contributed by atoms with Crippen molar-refractivity contribution in [2.45, 2.75) is 193 Å². The van der Waals surface area contributed by atoms with Crippen LogP contribution in [0, 0.1) is 0 Å². The largest absolute Gasteiger partial charge is 0.481 e. The summed E-state index contributed by atoms with van der Waals surface area (Å²) in [6, 6.07) is -2.56. The Morgan fingerprint density at radius 2 is 0.818 bits per heavy atom. The summed E-state index contributed by atoms with van der Waals surface area (Å²) in [6.07, 6.45) is 30.1. The summed E-state index contributed by atoms with van der Waals surface area (Å²) in [4.78, 5) is 91.4. The molecule has 0 aromatic heterocycles. The lowest BCUT2D eigenvalue weighted by atomic mass is 10.1. The fraction of sp³-hybridized carbons (Fsp3) is 0.750. The van der Waals surface area contributed by atoms with Gasteiger partial charge in [0.25, 0.3) is 0 Å². The third-order valence-corrected chi connectivity index (χ3v) is 10.1. The molecular weight excluding hydrogens is 853 g/mol. The second-order valence-corrected chi connectivity index (χ2v) is 16.1. The molecule has 0 aliphatic rings. The van der Waals surface area contributed by atoms with Gasteiger partial charge in [0.1, 0.15) is 12.1 Å². The summed E-state index contributed by atoms with van der Waals surface area (Å²) in [7, 11) is 2.44. The predicted molar refractivity (Wildman–Crippen MR) is 256 cm³/mol. The van der Waals surface area contributed by atoms with E-state index in [0.717, 1.165) is 148 Å². The number of aliphatic carboxylic acids is 2. The molecule has 0 saturated heterocycles. The van der Waals surface area contributed by atoms with Gasteiger partial charge in [-0.2, -0.15) is 0 Å². The number of esters is 2. The molecule has 0 radical (unpaired) electrons. The number of hydrogen-bond donors (Lipinski definition) is 8. The molecule has 0 rings (SSSR count). The zero-order valence-electron chi connectivity index (χ0n) is 40.7. The lowest BCUT2D eigenvalue weighted by Crippen LogP contribution is -2.43. The molecule has 0 heterocycles. The van der Waals surface area contributed by atoms with Crippen LogP contribution in [0.1, 0.15) is 181 Å². The smallest absolute Gasteiger partial charge is 0.328 e. The number of nitrogens with one attached hydrogen (secondary N) is 6. The van der Waals surface area contributed by atoms with Crippen LogP contribution in [0.25, 0.3) is 0 Å². The summed E-state index contributed by atoms with van der Waals surface area (Å²) in [5, 5.41) is 33.8. The number of unbranched alkanes of at least 4 members (excludes halogenated alkanes) is 16. The molecule has 0 aromatic carbocycles. The summed E-state index contributed by atoms with van der Waals surface area (Å²) in [6.45, 7) is 7.12. The summed E-state index contributed by atoms with van der Waals surface area (Å²) < 4.78 is 9.16. The molecule has 0 aliphatic heterocycles. The minimum Gasteiger partial charge on any atom is -0.481 e. The lowest BCUT2D eigenvalue weighted by Gasteiger charge is -2.15. The van der Waals surface area contributed by atoms with Gasteiger partial charge in [0.05, 0.1) is 27.1 Å². The minimum absolute atomic E-state index is 0.0754. The van der Waals surface area contributed by atoms with Crippen LogP contribution in [0.5, 0.6) is 0 Å². The third-order valence-electron chi connectivity index (χ3n) is 10.1. The van der Waals surface area contributed by atoms with E-state index in [2.05, 4.69) is 79.5 Å². The Hall–Kier alpha value is -5.16. The van der Waals surface area contributed by atoms with Crippen molar-refractivity contribution < 1.29 is 58.0 Å². The molecule has 2 atom stereocenters. The van der Waals surface area contributed by atoms with Gasteiger partial charge in [0, 0.05) is 39.0 Å². The maximum Gasteiger partial charge on any atom is 0.328 e. The second-order valence-electron chi connectivity index (χ2n) is 16.1. The number of amides is 6. The monoisotopic (exact) mass is 939 g/mol. The van der Waals surface area contributed by atoms with Crippen molar-refractivity contribution in [3.8, 4) is 0 Å². The van der Waals surface area contributed by atoms with E-state index in [1.54, 1.807) is 0 Å². The molecular formula is C48H86N6O12. The molecule has 6 amide bonds. The number of ether oxygens (including phenoxy) is 2. The predicted octanol–water partition coefficient (Wildman–Crippen LogP) is 7.35. The van der Waals surface area contributed by atoms with E-state index in [1.165, 1.54) is 14.2 Å². The molecule has 0 bridgehead atoms. The van der Waals surface area contributed by atoms with E-state index >= 15 is 0 Å². The Labute approximate surface area is 394 Å². The van der Waals surface area contributed by atoms with Gasteiger partial charge in [0.2, 0.25) is 11.8 Å². The van der Waals surface area contributed by atoms with Gasteiger partial charge in [-0.05, 0) is 89.9 Å². The Kier molecular flexibility index (Phi) is 44.2. The average Bonchev–Trinajstić information content (AvgIpc) is 3.28. The molecule has 66 heavy (non-hydrogen) atoms. The van der Waals surface area contributed by atoms with Crippen LogP contribution in [-0.2, 0) is 38.2 Å². The van der Waals surface area contributed by atoms with Crippen LogP contribution in [0.4, 0.5) is 9.59 Å². The summed E-state index contributed by atoms with van der Waals surface area (Å²) in [5.41, 5.74) is 0. The lowest BCUT2D eigenvalue weighted by molar-refractivity contribution is -0.150. The zero-order valence-corrected chi connectivity index (χ0v) is 40.7. The Morgan fingerprint density at radius 3 is 1.17 bits per heavy atom. The van der Waals surface area contributed by atoms with E-state index in [9.17, 15) is 38.4 Å². The number of methoxy groups -OCH3 is 2. The van der Waals surface area contributed by atoms with Gasteiger partial charge in [0.15, 0.2) is 0 Å². The van der Waals surface area contributed by atoms with Crippen molar-refractivity contribution in [3.05, 3.63) is 24.3 Å². The number of carboxylic acids is 2. The number of carbonyl (C=O) groups is 8. The molecule has 0 fully saturated rings. The highest BCUT2D eigenvalue weighted by Gasteiger charge is 2.25. The van der Waals surface area contributed by atoms with Crippen molar-refractivity contribution in [1.82, 2.24) is 31.9 Å². The molecule has 0 aromatic rings. The van der Waals surface area contributed by atoms with Gasteiger partial charge < -0.3 is 51.6 Å². The number of allylic oxidation sites excluding steroid dienone is 4. The molecule has 18 heteroatoms.